The van der Waals surface area contributed by atoms with Crippen molar-refractivity contribution in [2.75, 3.05) is 23.9 Å². The van der Waals surface area contributed by atoms with Crippen LogP contribution in [0.25, 0.3) is 22.2 Å². The Kier molecular flexibility index (Phi) is 6.08. The maximum absolute atomic E-state index is 13.4. The number of rotatable bonds is 5. The summed E-state index contributed by atoms with van der Waals surface area (Å²) in [5.74, 6) is -0.215. The summed E-state index contributed by atoms with van der Waals surface area (Å²) in [4.78, 5) is 15.8. The zero-order valence-electron chi connectivity index (χ0n) is 17.8. The predicted octanol–water partition coefficient (Wildman–Crippen LogP) is 3.61. The quantitative estimate of drug-likeness (QED) is 0.582. The van der Waals surface area contributed by atoms with Crippen LogP contribution >= 0.6 is 0 Å². The molecule has 3 heterocycles. The van der Waals surface area contributed by atoms with Crippen LogP contribution in [0, 0.1) is 0 Å². The largest absolute Gasteiger partial charge is 0.406 e. The van der Waals surface area contributed by atoms with Crippen LogP contribution in [0.15, 0.2) is 42.6 Å². The Balaban J connectivity index is 1.75. The lowest BCUT2D eigenvalue weighted by atomic mass is 10.1. The molecule has 1 amide bonds. The molecule has 2 N–H and O–H groups in total. The van der Waals surface area contributed by atoms with Crippen LogP contribution < -0.4 is 10.6 Å². The molecule has 0 atom stereocenters. The number of hydrogen-bond acceptors (Lipinski definition) is 5. The van der Waals surface area contributed by atoms with Crippen molar-refractivity contribution < 1.29 is 26.4 Å². The number of sulfone groups is 1. The maximum Gasteiger partial charge on any atom is 0.406 e. The van der Waals surface area contributed by atoms with E-state index in [2.05, 4.69) is 15.6 Å². The van der Waals surface area contributed by atoms with Crippen LogP contribution in [-0.2, 0) is 16.4 Å². The lowest BCUT2D eigenvalue weighted by molar-refractivity contribution is -0.139. The van der Waals surface area contributed by atoms with Crippen LogP contribution in [0.2, 0.25) is 0 Å². The van der Waals surface area contributed by atoms with Crippen molar-refractivity contribution in [3.63, 3.8) is 0 Å². The van der Waals surface area contributed by atoms with E-state index in [1.54, 1.807) is 30.3 Å². The van der Waals surface area contributed by atoms with Gasteiger partial charge in [0.15, 0.2) is 0 Å². The smallest absolute Gasteiger partial charge is 0.382 e. The number of aromatic nitrogens is 2. The highest BCUT2D eigenvalue weighted by Gasteiger charge is 2.31. The fourth-order valence-electron chi connectivity index (χ4n) is 4.06. The molecule has 33 heavy (non-hydrogen) atoms. The standard InChI is InChI=1S/C22H23F3N4O3S/c1-26-21(30)18-6-5-14(12-27-18)20-11-16-17(28-15-7-9-33(31,32)10-8-15)3-2-4-19(16)29(20)13-22(23,24)25/h2-6,11-12,15,28H,7-10,13H2,1H3,(H,26,30). The van der Waals surface area contributed by atoms with Gasteiger partial charge in [0, 0.05) is 35.9 Å². The van der Waals surface area contributed by atoms with Gasteiger partial charge >= 0.3 is 6.18 Å². The molecule has 1 aliphatic heterocycles. The molecular formula is C22H23F3N4O3S. The van der Waals surface area contributed by atoms with Crippen molar-refractivity contribution in [2.24, 2.45) is 0 Å². The van der Waals surface area contributed by atoms with E-state index in [0.29, 0.717) is 40.7 Å². The van der Waals surface area contributed by atoms with Crippen LogP contribution in [0.5, 0.6) is 0 Å². The molecule has 11 heteroatoms. The van der Waals surface area contributed by atoms with E-state index >= 15 is 0 Å². The highest BCUT2D eigenvalue weighted by molar-refractivity contribution is 7.91. The van der Waals surface area contributed by atoms with Gasteiger partial charge < -0.3 is 15.2 Å². The van der Waals surface area contributed by atoms with Gasteiger partial charge in [-0.25, -0.2) is 8.42 Å². The monoisotopic (exact) mass is 480 g/mol. The number of carbonyl (C=O) groups excluding carboxylic acids is 1. The normalized spacial score (nSPS) is 16.6. The molecule has 3 aromatic rings. The minimum absolute atomic E-state index is 0.0814. The zero-order chi connectivity index (χ0) is 23.8. The number of halogens is 3. The Morgan fingerprint density at radius 3 is 2.52 bits per heavy atom. The summed E-state index contributed by atoms with van der Waals surface area (Å²) in [6, 6.07) is 9.69. The number of hydrogen-bond donors (Lipinski definition) is 2. The third kappa shape index (κ3) is 5.13. The molecule has 0 spiro atoms. The van der Waals surface area contributed by atoms with Gasteiger partial charge in [-0.2, -0.15) is 13.2 Å². The van der Waals surface area contributed by atoms with Crippen LogP contribution in [0.4, 0.5) is 18.9 Å². The van der Waals surface area contributed by atoms with Crippen molar-refractivity contribution in [1.29, 1.82) is 0 Å². The molecule has 0 radical (unpaired) electrons. The topological polar surface area (TPSA) is 93.1 Å². The summed E-state index contributed by atoms with van der Waals surface area (Å²) in [7, 11) is -1.56. The van der Waals surface area contributed by atoms with Crippen LogP contribution in [0.1, 0.15) is 23.3 Å². The van der Waals surface area contributed by atoms with Crippen molar-refractivity contribution >= 4 is 32.3 Å². The number of anilines is 1. The molecule has 2 aromatic heterocycles. The minimum atomic E-state index is -4.45. The number of fused-ring (bicyclic) bond motifs is 1. The number of pyridine rings is 1. The van der Waals surface area contributed by atoms with Gasteiger partial charge in [-0.3, -0.25) is 9.78 Å². The van der Waals surface area contributed by atoms with E-state index in [1.807, 2.05) is 0 Å². The molecule has 0 aliphatic carbocycles. The first-order valence-electron chi connectivity index (χ1n) is 10.4. The Morgan fingerprint density at radius 2 is 1.91 bits per heavy atom. The second kappa shape index (κ2) is 8.69. The van der Waals surface area contributed by atoms with Crippen molar-refractivity contribution in [1.82, 2.24) is 14.9 Å². The molecule has 4 rings (SSSR count). The summed E-state index contributed by atoms with van der Waals surface area (Å²) in [6.45, 7) is -1.19. The SMILES string of the molecule is CNC(=O)c1ccc(-c2cc3c(NC4CCS(=O)(=O)CC4)cccc3n2CC(F)(F)F)cn1. The van der Waals surface area contributed by atoms with Gasteiger partial charge in [-0.1, -0.05) is 6.07 Å². The first kappa shape index (κ1) is 23.1. The van der Waals surface area contributed by atoms with E-state index in [-0.39, 0.29) is 23.2 Å². The first-order chi connectivity index (χ1) is 15.6. The van der Waals surface area contributed by atoms with Crippen molar-refractivity contribution in [2.45, 2.75) is 31.6 Å². The summed E-state index contributed by atoms with van der Waals surface area (Å²) < 4.78 is 64.9. The Morgan fingerprint density at radius 1 is 1.18 bits per heavy atom. The van der Waals surface area contributed by atoms with Crippen LogP contribution in [-0.4, -0.2) is 54.6 Å². The molecule has 1 aromatic carbocycles. The van der Waals surface area contributed by atoms with Gasteiger partial charge in [-0.05, 0) is 43.2 Å². The van der Waals surface area contributed by atoms with Gasteiger partial charge in [0.2, 0.25) is 0 Å². The van der Waals surface area contributed by atoms with Gasteiger partial charge in [-0.15, -0.1) is 0 Å². The Hall–Kier alpha value is -3.08. The number of alkyl halides is 3. The average Bonchev–Trinajstić information content (AvgIpc) is 3.12. The lowest BCUT2D eigenvalue weighted by Gasteiger charge is -2.24. The second-order valence-corrected chi connectivity index (χ2v) is 10.4. The molecule has 7 nitrogen and oxygen atoms in total. The zero-order valence-corrected chi connectivity index (χ0v) is 18.6. The Labute approximate surface area is 188 Å². The second-order valence-electron chi connectivity index (χ2n) is 8.05. The molecular weight excluding hydrogens is 457 g/mol. The third-order valence-corrected chi connectivity index (χ3v) is 7.43. The minimum Gasteiger partial charge on any atom is -0.382 e. The number of amides is 1. The van der Waals surface area contributed by atoms with Gasteiger partial charge in [0.1, 0.15) is 22.1 Å². The lowest BCUT2D eigenvalue weighted by Crippen LogP contribution is -2.32. The number of nitrogens with one attached hydrogen (secondary N) is 2. The molecule has 0 unspecified atom stereocenters. The van der Waals surface area contributed by atoms with E-state index in [0.717, 1.165) is 0 Å². The van der Waals surface area contributed by atoms with Crippen molar-refractivity contribution in [3.8, 4) is 11.3 Å². The van der Waals surface area contributed by atoms with E-state index < -0.39 is 28.5 Å². The highest BCUT2D eigenvalue weighted by atomic mass is 32.2. The van der Waals surface area contributed by atoms with Crippen molar-refractivity contribution in [3.05, 3.63) is 48.3 Å². The number of nitrogens with zero attached hydrogens (tertiary/aromatic N) is 2. The molecule has 1 saturated heterocycles. The van der Waals surface area contributed by atoms with Gasteiger partial charge in [0.25, 0.3) is 5.91 Å². The van der Waals surface area contributed by atoms with E-state index in [9.17, 15) is 26.4 Å². The molecule has 0 saturated carbocycles. The average molecular weight is 481 g/mol. The Bertz CT molecular complexity index is 1270. The number of carbonyl (C=O) groups is 1. The van der Waals surface area contributed by atoms with E-state index in [4.69, 9.17) is 0 Å². The maximum atomic E-state index is 13.4. The molecule has 0 bridgehead atoms. The fourth-order valence-corrected chi connectivity index (χ4v) is 5.55. The summed E-state index contributed by atoms with van der Waals surface area (Å²) in [5.41, 5.74) is 1.96. The summed E-state index contributed by atoms with van der Waals surface area (Å²) in [5, 5.41) is 6.37. The van der Waals surface area contributed by atoms with Crippen LogP contribution in [0.3, 0.4) is 0 Å². The molecule has 1 aliphatic rings. The van der Waals surface area contributed by atoms with E-state index in [1.165, 1.54) is 23.9 Å². The summed E-state index contributed by atoms with van der Waals surface area (Å²) >= 11 is 0. The van der Waals surface area contributed by atoms with Gasteiger partial charge in [0.05, 0.1) is 22.7 Å². The highest BCUT2D eigenvalue weighted by Crippen LogP contribution is 2.35. The molecule has 176 valence electrons. The first-order valence-corrected chi connectivity index (χ1v) is 12.2. The third-order valence-electron chi connectivity index (χ3n) is 5.72. The molecule has 1 fully saturated rings. The fraction of sp³-hybridized carbons (Fsp3) is 0.364. The predicted molar refractivity (Wildman–Crippen MR) is 120 cm³/mol. The number of benzene rings is 1. The summed E-state index contributed by atoms with van der Waals surface area (Å²) in [6.07, 6.45) is -2.18.